The van der Waals surface area contributed by atoms with Gasteiger partial charge in [-0.3, -0.25) is 0 Å². The summed E-state index contributed by atoms with van der Waals surface area (Å²) in [6, 6.07) is 8.62. The minimum absolute atomic E-state index is 0.0651. The predicted octanol–water partition coefficient (Wildman–Crippen LogP) is 3.17. The van der Waals surface area contributed by atoms with Gasteiger partial charge in [-0.05, 0) is 69.9 Å². The summed E-state index contributed by atoms with van der Waals surface area (Å²) >= 11 is 0. The molecule has 1 aliphatic rings. The smallest absolute Gasteiger partial charge is 0.339 e. The first-order valence-corrected chi connectivity index (χ1v) is 11.5. The van der Waals surface area contributed by atoms with Crippen molar-refractivity contribution in [3.05, 3.63) is 69.1 Å². The van der Waals surface area contributed by atoms with E-state index in [1.807, 2.05) is 6.92 Å². The maximum atomic E-state index is 12.6. The van der Waals surface area contributed by atoms with E-state index in [0.29, 0.717) is 17.6 Å². The molecule has 1 aliphatic carbocycles. The van der Waals surface area contributed by atoms with Crippen molar-refractivity contribution in [3.8, 4) is 5.75 Å². The monoisotopic (exact) mass is 441 g/mol. The van der Waals surface area contributed by atoms with Gasteiger partial charge in [-0.25, -0.2) is 18.0 Å². The Kier molecular flexibility index (Phi) is 5.45. The molecule has 162 valence electrons. The highest BCUT2D eigenvalue weighted by molar-refractivity contribution is 7.89. The van der Waals surface area contributed by atoms with Crippen molar-refractivity contribution in [1.82, 2.24) is 4.72 Å². The lowest BCUT2D eigenvalue weighted by atomic mass is 10.0. The molecule has 0 spiro atoms. The lowest BCUT2D eigenvalue weighted by molar-refractivity contribution is -0.135. The van der Waals surface area contributed by atoms with Crippen molar-refractivity contribution < 1.29 is 22.4 Å². The van der Waals surface area contributed by atoms with Crippen LogP contribution in [0.2, 0.25) is 0 Å². The number of aryl methyl sites for hydroxylation is 3. The minimum Gasteiger partial charge on any atom is -0.425 e. The fourth-order valence-corrected chi connectivity index (χ4v) is 5.03. The minimum atomic E-state index is -3.88. The molecule has 0 radical (unpaired) electrons. The van der Waals surface area contributed by atoms with Gasteiger partial charge in [0.15, 0.2) is 0 Å². The van der Waals surface area contributed by atoms with Crippen molar-refractivity contribution >= 4 is 27.0 Å². The molecule has 31 heavy (non-hydrogen) atoms. The predicted molar refractivity (Wildman–Crippen MR) is 116 cm³/mol. The molecule has 0 bridgehead atoms. The number of carbonyl (C=O) groups excluding carboxylic acids is 1. The molecule has 7 nitrogen and oxygen atoms in total. The molecule has 0 amide bonds. The van der Waals surface area contributed by atoms with E-state index in [1.54, 1.807) is 31.2 Å². The second-order valence-electron chi connectivity index (χ2n) is 7.84. The van der Waals surface area contributed by atoms with Gasteiger partial charge in [-0.15, -0.1) is 0 Å². The van der Waals surface area contributed by atoms with Gasteiger partial charge < -0.3 is 9.15 Å². The van der Waals surface area contributed by atoms with Gasteiger partial charge in [0.1, 0.15) is 17.4 Å². The fraction of sp³-hybridized carbons (Fsp3) is 0.304. The molecule has 4 rings (SSSR count). The van der Waals surface area contributed by atoms with E-state index in [4.69, 9.17) is 9.15 Å². The second-order valence-corrected chi connectivity index (χ2v) is 9.56. The topological polar surface area (TPSA) is 103 Å². The van der Waals surface area contributed by atoms with E-state index in [9.17, 15) is 18.0 Å². The number of ether oxygens (including phenoxy) is 1. The Labute approximate surface area is 180 Å². The Balaban J connectivity index is 1.57. The first-order valence-electron chi connectivity index (χ1n) is 10.1. The molecule has 1 aromatic heterocycles. The molecule has 1 atom stereocenters. The Bertz CT molecular complexity index is 1340. The standard InChI is InChI=1S/C23H23NO6S/c1-13-7-9-16(10-8-13)31(27,28)24-15(3)22(25)29-20-12-11-18-17-5-4-6-19(17)23(26)30-21(18)14(20)2/h7-12,15,24H,4-6H2,1-3H3/t15-/m1/s1. The summed E-state index contributed by atoms with van der Waals surface area (Å²) in [6.07, 6.45) is 2.43. The molecule has 2 aromatic carbocycles. The van der Waals surface area contributed by atoms with Gasteiger partial charge in [-0.1, -0.05) is 17.7 Å². The van der Waals surface area contributed by atoms with E-state index in [0.717, 1.165) is 34.9 Å². The number of hydrogen-bond acceptors (Lipinski definition) is 6. The van der Waals surface area contributed by atoms with E-state index in [2.05, 4.69) is 4.72 Å². The highest BCUT2D eigenvalue weighted by atomic mass is 32.2. The van der Waals surface area contributed by atoms with Gasteiger partial charge in [0.25, 0.3) is 0 Å². The average Bonchev–Trinajstić information content (AvgIpc) is 3.21. The normalized spacial score (nSPS) is 14.4. The Morgan fingerprint density at radius 3 is 2.45 bits per heavy atom. The van der Waals surface area contributed by atoms with Crippen LogP contribution in [0.1, 0.15) is 35.6 Å². The molecule has 8 heteroatoms. The molecule has 3 aromatic rings. The van der Waals surface area contributed by atoms with Crippen molar-refractivity contribution in [2.24, 2.45) is 0 Å². The SMILES string of the molecule is Cc1ccc(S(=O)(=O)N[C@H](C)C(=O)Oc2ccc3c4c(c(=O)oc3c2C)CCC4)cc1. The first-order chi connectivity index (χ1) is 14.7. The van der Waals surface area contributed by atoms with Crippen molar-refractivity contribution in [3.63, 3.8) is 0 Å². The number of hydrogen-bond donors (Lipinski definition) is 1. The highest BCUT2D eigenvalue weighted by Crippen LogP contribution is 2.33. The van der Waals surface area contributed by atoms with Gasteiger partial charge >= 0.3 is 11.6 Å². The zero-order valence-electron chi connectivity index (χ0n) is 17.5. The number of rotatable bonds is 5. The van der Waals surface area contributed by atoms with E-state index in [-0.39, 0.29) is 16.3 Å². The third kappa shape index (κ3) is 4.00. The molecule has 1 N–H and O–H groups in total. The van der Waals surface area contributed by atoms with E-state index in [1.165, 1.54) is 19.1 Å². The summed E-state index contributed by atoms with van der Waals surface area (Å²) < 4.78 is 38.4. The van der Waals surface area contributed by atoms with Gasteiger partial charge in [0, 0.05) is 16.5 Å². The Morgan fingerprint density at radius 1 is 1.06 bits per heavy atom. The summed E-state index contributed by atoms with van der Waals surface area (Å²) in [7, 11) is -3.88. The number of sulfonamides is 1. The van der Waals surface area contributed by atoms with Gasteiger partial charge in [0.05, 0.1) is 4.90 Å². The number of fused-ring (bicyclic) bond motifs is 3. The second kappa shape index (κ2) is 7.94. The summed E-state index contributed by atoms with van der Waals surface area (Å²) in [6.45, 7) is 4.97. The van der Waals surface area contributed by atoms with Crippen molar-refractivity contribution in [1.29, 1.82) is 0 Å². The summed E-state index contributed by atoms with van der Waals surface area (Å²) in [5.74, 6) is -0.540. The molecule has 0 saturated carbocycles. The summed E-state index contributed by atoms with van der Waals surface area (Å²) in [4.78, 5) is 24.9. The van der Waals surface area contributed by atoms with Crippen LogP contribution in [0.15, 0.2) is 50.5 Å². The van der Waals surface area contributed by atoms with Crippen LogP contribution in [0.5, 0.6) is 5.75 Å². The third-order valence-electron chi connectivity index (χ3n) is 5.57. The van der Waals surface area contributed by atoms with Crippen LogP contribution in [-0.2, 0) is 27.7 Å². The highest BCUT2D eigenvalue weighted by Gasteiger charge is 2.25. The quantitative estimate of drug-likeness (QED) is 0.371. The molecule has 0 saturated heterocycles. The van der Waals surface area contributed by atoms with Crippen LogP contribution >= 0.6 is 0 Å². The van der Waals surface area contributed by atoms with Crippen LogP contribution in [0.4, 0.5) is 0 Å². The number of benzene rings is 2. The third-order valence-corrected chi connectivity index (χ3v) is 7.12. The maximum Gasteiger partial charge on any atom is 0.339 e. The zero-order chi connectivity index (χ0) is 22.3. The summed E-state index contributed by atoms with van der Waals surface area (Å²) in [5, 5.41) is 0.845. The number of esters is 1. The lowest BCUT2D eigenvalue weighted by Gasteiger charge is -2.15. The molecule has 0 fully saturated rings. The van der Waals surface area contributed by atoms with Crippen LogP contribution in [0.3, 0.4) is 0 Å². The van der Waals surface area contributed by atoms with Crippen molar-refractivity contribution in [2.45, 2.75) is 51.0 Å². The average molecular weight is 442 g/mol. The van der Waals surface area contributed by atoms with Crippen molar-refractivity contribution in [2.75, 3.05) is 0 Å². The van der Waals surface area contributed by atoms with E-state index < -0.39 is 22.0 Å². The maximum absolute atomic E-state index is 12.6. The lowest BCUT2D eigenvalue weighted by Crippen LogP contribution is -2.40. The van der Waals surface area contributed by atoms with Crippen LogP contribution in [0.25, 0.3) is 11.0 Å². The Morgan fingerprint density at radius 2 is 1.74 bits per heavy atom. The zero-order valence-corrected chi connectivity index (χ0v) is 18.3. The molecule has 0 unspecified atom stereocenters. The number of carbonyl (C=O) groups is 1. The number of nitrogens with one attached hydrogen (secondary N) is 1. The fourth-order valence-electron chi connectivity index (χ4n) is 3.84. The molecular formula is C23H23NO6S. The van der Waals surface area contributed by atoms with Crippen LogP contribution in [0, 0.1) is 13.8 Å². The molecule has 0 aliphatic heterocycles. The van der Waals surface area contributed by atoms with Crippen LogP contribution in [-0.4, -0.2) is 20.4 Å². The molecular weight excluding hydrogens is 418 g/mol. The van der Waals surface area contributed by atoms with Gasteiger partial charge in [0.2, 0.25) is 10.0 Å². The largest absolute Gasteiger partial charge is 0.425 e. The van der Waals surface area contributed by atoms with Gasteiger partial charge in [-0.2, -0.15) is 4.72 Å². The van der Waals surface area contributed by atoms with E-state index >= 15 is 0 Å². The van der Waals surface area contributed by atoms with Crippen LogP contribution < -0.4 is 15.1 Å². The first kappa shape index (κ1) is 21.3. The summed E-state index contributed by atoms with van der Waals surface area (Å²) in [5.41, 5.74) is 3.19. The molecule has 1 heterocycles. The Hall–Kier alpha value is -2.97.